The Balaban J connectivity index is 1.34. The number of hydrazone groups is 1. The summed E-state index contributed by atoms with van der Waals surface area (Å²) < 4.78 is 13.8. The van der Waals surface area contributed by atoms with Crippen LogP contribution in [0.2, 0.25) is 0 Å². The van der Waals surface area contributed by atoms with Crippen LogP contribution < -0.4 is 5.32 Å². The number of carbonyl (C=O) groups is 2. The predicted octanol–water partition coefficient (Wildman–Crippen LogP) is 5.87. The minimum atomic E-state index is -0.663. The standard InChI is InChI=1S/C29H27FN4O2S/c1-3-19-10-12-21(13-11-19)25-16-24(20-7-5-4-6-8-20)33-34(25)29-32-28(36)26(37-29)17-27(35)31-22-14-9-18(2)23(30)15-22/h4-15,25-26H,3,16-17H2,1-2H3,(H,31,35)/t25-,26+/m1/s1. The smallest absolute Gasteiger partial charge is 0.262 e. The highest BCUT2D eigenvalue weighted by molar-refractivity contribution is 8.15. The number of rotatable bonds is 6. The summed E-state index contributed by atoms with van der Waals surface area (Å²) in [6.45, 7) is 3.78. The van der Waals surface area contributed by atoms with Crippen molar-refractivity contribution >= 4 is 40.1 Å². The summed E-state index contributed by atoms with van der Waals surface area (Å²) in [4.78, 5) is 29.7. The van der Waals surface area contributed by atoms with Gasteiger partial charge in [-0.05, 0) is 47.7 Å². The van der Waals surface area contributed by atoms with E-state index in [1.54, 1.807) is 19.1 Å². The first-order valence-corrected chi connectivity index (χ1v) is 13.2. The van der Waals surface area contributed by atoms with E-state index >= 15 is 0 Å². The third kappa shape index (κ3) is 5.49. The number of amides is 2. The van der Waals surface area contributed by atoms with Crippen molar-refractivity contribution < 1.29 is 14.0 Å². The van der Waals surface area contributed by atoms with Crippen LogP contribution in [0.15, 0.2) is 82.9 Å². The van der Waals surface area contributed by atoms with Gasteiger partial charge in [-0.15, -0.1) is 0 Å². The maximum atomic E-state index is 13.8. The van der Waals surface area contributed by atoms with E-state index in [-0.39, 0.29) is 24.3 Å². The third-order valence-electron chi connectivity index (χ3n) is 6.54. The molecule has 2 aliphatic rings. The number of thioether (sulfide) groups is 1. The van der Waals surface area contributed by atoms with Crippen molar-refractivity contribution in [2.45, 2.75) is 44.4 Å². The number of benzene rings is 3. The number of aryl methyl sites for hydroxylation is 2. The zero-order valence-corrected chi connectivity index (χ0v) is 21.5. The van der Waals surface area contributed by atoms with Crippen LogP contribution in [0.3, 0.4) is 0 Å². The van der Waals surface area contributed by atoms with Crippen molar-refractivity contribution in [3.05, 3.63) is 101 Å². The number of nitrogens with zero attached hydrogens (tertiary/aromatic N) is 3. The normalized spacial score (nSPS) is 19.1. The molecular formula is C29H27FN4O2S. The number of amidine groups is 1. The predicted molar refractivity (Wildman–Crippen MR) is 146 cm³/mol. The second-order valence-corrected chi connectivity index (χ2v) is 10.3. The van der Waals surface area contributed by atoms with Crippen molar-refractivity contribution in [2.24, 2.45) is 10.1 Å². The molecule has 2 aliphatic heterocycles. The lowest BCUT2D eigenvalue weighted by Crippen LogP contribution is -2.25. The van der Waals surface area contributed by atoms with Gasteiger partial charge in [0.15, 0.2) is 5.17 Å². The maximum Gasteiger partial charge on any atom is 0.262 e. The van der Waals surface area contributed by atoms with E-state index in [1.165, 1.54) is 23.4 Å². The van der Waals surface area contributed by atoms with Crippen molar-refractivity contribution in [1.29, 1.82) is 0 Å². The summed E-state index contributed by atoms with van der Waals surface area (Å²) >= 11 is 1.25. The summed E-state index contributed by atoms with van der Waals surface area (Å²) in [5.41, 5.74) is 5.14. The minimum absolute atomic E-state index is 0.0645. The van der Waals surface area contributed by atoms with Gasteiger partial charge < -0.3 is 5.32 Å². The fourth-order valence-electron chi connectivity index (χ4n) is 4.38. The zero-order chi connectivity index (χ0) is 25.9. The number of aliphatic imine (C=N–C) groups is 1. The minimum Gasteiger partial charge on any atom is -0.326 e. The van der Waals surface area contributed by atoms with Crippen LogP contribution in [0, 0.1) is 12.7 Å². The molecule has 5 rings (SSSR count). The van der Waals surface area contributed by atoms with Crippen LogP contribution in [-0.4, -0.2) is 33.0 Å². The Bertz CT molecular complexity index is 1390. The number of halogens is 1. The zero-order valence-electron chi connectivity index (χ0n) is 20.6. The Kier molecular flexibility index (Phi) is 7.19. The van der Waals surface area contributed by atoms with Gasteiger partial charge in [0, 0.05) is 18.5 Å². The van der Waals surface area contributed by atoms with Crippen LogP contribution in [0.5, 0.6) is 0 Å². The third-order valence-corrected chi connectivity index (χ3v) is 7.68. The molecule has 2 atom stereocenters. The van der Waals surface area contributed by atoms with Gasteiger partial charge in [-0.2, -0.15) is 10.1 Å². The van der Waals surface area contributed by atoms with E-state index in [0.717, 1.165) is 23.3 Å². The summed E-state index contributed by atoms with van der Waals surface area (Å²) in [6.07, 6.45) is 1.56. The Hall–Kier alpha value is -3.78. The van der Waals surface area contributed by atoms with Crippen LogP contribution in [-0.2, 0) is 16.0 Å². The van der Waals surface area contributed by atoms with E-state index in [2.05, 4.69) is 41.5 Å². The quantitative estimate of drug-likeness (QED) is 0.446. The Morgan fingerprint density at radius 2 is 1.86 bits per heavy atom. The van der Waals surface area contributed by atoms with Crippen LogP contribution in [0.4, 0.5) is 10.1 Å². The first-order chi connectivity index (χ1) is 17.9. The summed E-state index contributed by atoms with van der Waals surface area (Å²) in [5, 5.41) is 9.20. The Labute approximate surface area is 219 Å². The molecule has 37 heavy (non-hydrogen) atoms. The van der Waals surface area contributed by atoms with Gasteiger partial charge in [0.1, 0.15) is 11.1 Å². The van der Waals surface area contributed by atoms with E-state index in [0.29, 0.717) is 22.8 Å². The van der Waals surface area contributed by atoms with E-state index < -0.39 is 11.1 Å². The fraction of sp³-hybridized carbons (Fsp3) is 0.241. The molecule has 0 aliphatic carbocycles. The molecule has 1 N–H and O–H groups in total. The fourth-order valence-corrected chi connectivity index (χ4v) is 5.44. The number of hydrogen-bond acceptors (Lipinski definition) is 5. The topological polar surface area (TPSA) is 74.1 Å². The van der Waals surface area contributed by atoms with Crippen LogP contribution >= 0.6 is 11.8 Å². The highest BCUT2D eigenvalue weighted by atomic mass is 32.2. The number of carbonyl (C=O) groups excluding carboxylic acids is 2. The first-order valence-electron chi connectivity index (χ1n) is 12.3. The molecule has 0 aromatic heterocycles. The molecular weight excluding hydrogens is 487 g/mol. The largest absolute Gasteiger partial charge is 0.326 e. The molecule has 0 bridgehead atoms. The molecule has 6 nitrogen and oxygen atoms in total. The van der Waals surface area contributed by atoms with Crippen LogP contribution in [0.1, 0.15) is 48.1 Å². The highest BCUT2D eigenvalue weighted by Crippen LogP contribution is 2.38. The van der Waals surface area contributed by atoms with Crippen LogP contribution in [0.25, 0.3) is 0 Å². The molecule has 3 aromatic carbocycles. The average Bonchev–Trinajstić information content (AvgIpc) is 3.51. The number of nitrogens with one attached hydrogen (secondary N) is 1. The molecule has 2 amide bonds. The first kappa shape index (κ1) is 24.9. The molecule has 2 heterocycles. The highest BCUT2D eigenvalue weighted by Gasteiger charge is 2.39. The maximum absolute atomic E-state index is 13.8. The summed E-state index contributed by atoms with van der Waals surface area (Å²) in [7, 11) is 0. The lowest BCUT2D eigenvalue weighted by molar-refractivity contribution is -0.121. The Morgan fingerprint density at radius 1 is 1.11 bits per heavy atom. The summed E-state index contributed by atoms with van der Waals surface area (Å²) in [5.74, 6) is -1.13. The van der Waals surface area contributed by atoms with Gasteiger partial charge in [0.05, 0.1) is 11.8 Å². The molecule has 188 valence electrons. The molecule has 0 spiro atoms. The lowest BCUT2D eigenvalue weighted by atomic mass is 9.97. The Morgan fingerprint density at radius 3 is 2.57 bits per heavy atom. The lowest BCUT2D eigenvalue weighted by Gasteiger charge is -2.23. The van der Waals surface area contributed by atoms with E-state index in [9.17, 15) is 14.0 Å². The molecule has 0 saturated heterocycles. The SMILES string of the molecule is CCc1ccc([C@H]2CC(c3ccccc3)=NN2C2=NC(=O)[C@H](CC(=O)Nc3ccc(C)c(F)c3)S2)cc1. The van der Waals surface area contributed by atoms with E-state index in [1.807, 2.05) is 35.3 Å². The monoisotopic (exact) mass is 514 g/mol. The van der Waals surface area contributed by atoms with Crippen molar-refractivity contribution in [2.75, 3.05) is 5.32 Å². The van der Waals surface area contributed by atoms with Crippen molar-refractivity contribution in [1.82, 2.24) is 5.01 Å². The summed E-state index contributed by atoms with van der Waals surface area (Å²) in [6, 6.07) is 22.8. The van der Waals surface area contributed by atoms with Crippen molar-refractivity contribution in [3.8, 4) is 0 Å². The van der Waals surface area contributed by atoms with Gasteiger partial charge in [0.2, 0.25) is 5.91 Å². The van der Waals surface area contributed by atoms with Gasteiger partial charge in [-0.1, -0.05) is 79.3 Å². The van der Waals surface area contributed by atoms with E-state index in [4.69, 9.17) is 5.10 Å². The molecule has 0 fully saturated rings. The molecule has 3 aromatic rings. The van der Waals surface area contributed by atoms with Gasteiger partial charge >= 0.3 is 0 Å². The second-order valence-electron chi connectivity index (χ2n) is 9.13. The van der Waals surface area contributed by atoms with Gasteiger partial charge in [-0.25, -0.2) is 9.40 Å². The average molecular weight is 515 g/mol. The molecule has 0 unspecified atom stereocenters. The number of anilines is 1. The molecule has 0 radical (unpaired) electrons. The van der Waals surface area contributed by atoms with Gasteiger partial charge in [0.25, 0.3) is 5.91 Å². The second kappa shape index (κ2) is 10.7. The number of hydrogen-bond donors (Lipinski definition) is 1. The van der Waals surface area contributed by atoms with Gasteiger partial charge in [-0.3, -0.25) is 9.59 Å². The molecule has 8 heteroatoms. The molecule has 0 saturated carbocycles. The van der Waals surface area contributed by atoms with Crippen molar-refractivity contribution in [3.63, 3.8) is 0 Å².